The van der Waals surface area contributed by atoms with E-state index < -0.39 is 0 Å². The number of carbonyl (C=O) groups is 1. The summed E-state index contributed by atoms with van der Waals surface area (Å²) in [7, 11) is 0. The van der Waals surface area contributed by atoms with Crippen LogP contribution in [0.15, 0.2) is 24.3 Å². The number of benzene rings is 1. The van der Waals surface area contributed by atoms with Crippen LogP contribution in [0.1, 0.15) is 12.0 Å². The lowest BCUT2D eigenvalue weighted by Crippen LogP contribution is -2.69. The van der Waals surface area contributed by atoms with E-state index in [0.29, 0.717) is 10.9 Å². The molecule has 1 saturated carbocycles. The summed E-state index contributed by atoms with van der Waals surface area (Å²) < 4.78 is 5.59. The van der Waals surface area contributed by atoms with Crippen molar-refractivity contribution in [3.05, 3.63) is 34.9 Å². The first-order valence-electron chi connectivity index (χ1n) is 6.57. The number of fused-ring (bicyclic) bond motifs is 1. The average molecular weight is 281 g/mol. The van der Waals surface area contributed by atoms with Crippen LogP contribution in [-0.4, -0.2) is 30.7 Å². The van der Waals surface area contributed by atoms with Crippen molar-refractivity contribution in [2.75, 3.05) is 6.61 Å². The number of ether oxygens (including phenoxy) is 1. The van der Waals surface area contributed by atoms with Crippen LogP contribution >= 0.6 is 11.6 Å². The quantitative estimate of drug-likeness (QED) is 0.872. The van der Waals surface area contributed by atoms with E-state index in [1.807, 2.05) is 18.2 Å². The second-order valence-corrected chi connectivity index (χ2v) is 5.63. The van der Waals surface area contributed by atoms with E-state index in [1.54, 1.807) is 6.07 Å². The Bertz CT molecular complexity index is 494. The van der Waals surface area contributed by atoms with Crippen molar-refractivity contribution in [3.63, 3.8) is 0 Å². The van der Waals surface area contributed by atoms with Gasteiger partial charge in [0.1, 0.15) is 0 Å². The molecule has 1 aliphatic heterocycles. The van der Waals surface area contributed by atoms with Gasteiger partial charge in [-0.15, -0.1) is 0 Å². The van der Waals surface area contributed by atoms with Gasteiger partial charge < -0.3 is 15.8 Å². The summed E-state index contributed by atoms with van der Waals surface area (Å²) in [6, 6.07) is 7.33. The van der Waals surface area contributed by atoms with E-state index >= 15 is 0 Å². The second-order valence-electron chi connectivity index (χ2n) is 5.23. The van der Waals surface area contributed by atoms with Crippen LogP contribution in [-0.2, 0) is 16.0 Å². The average Bonchev–Trinajstić information content (AvgIpc) is 2.83. The zero-order valence-corrected chi connectivity index (χ0v) is 11.3. The molecule has 4 unspecified atom stereocenters. The summed E-state index contributed by atoms with van der Waals surface area (Å²) in [6.07, 6.45) is 1.38. The highest BCUT2D eigenvalue weighted by Crippen LogP contribution is 2.37. The van der Waals surface area contributed by atoms with Crippen molar-refractivity contribution in [3.8, 4) is 0 Å². The third-order valence-electron chi connectivity index (χ3n) is 4.08. The standard InChI is InChI=1S/C14H17ClN2O2/c15-10-4-2-1-3-8(10)7-11(18)17-13-12(16)9-5-6-19-14(9)13/h1-4,9,12-14H,5-7,16H2,(H,17,18). The number of nitrogens with one attached hydrogen (secondary N) is 1. The number of hydrogen-bond acceptors (Lipinski definition) is 3. The van der Waals surface area contributed by atoms with Crippen LogP contribution in [0.5, 0.6) is 0 Å². The van der Waals surface area contributed by atoms with Crippen LogP contribution in [0.3, 0.4) is 0 Å². The Balaban J connectivity index is 1.59. The number of halogens is 1. The van der Waals surface area contributed by atoms with Crippen molar-refractivity contribution >= 4 is 17.5 Å². The van der Waals surface area contributed by atoms with E-state index in [1.165, 1.54) is 0 Å². The predicted octanol–water partition coefficient (Wildman–Crippen LogP) is 1.11. The Morgan fingerprint density at radius 1 is 1.47 bits per heavy atom. The highest BCUT2D eigenvalue weighted by atomic mass is 35.5. The summed E-state index contributed by atoms with van der Waals surface area (Å²) in [4.78, 5) is 12.0. The number of rotatable bonds is 3. The van der Waals surface area contributed by atoms with Crippen LogP contribution in [0, 0.1) is 5.92 Å². The van der Waals surface area contributed by atoms with Gasteiger partial charge in [0.2, 0.25) is 5.91 Å². The van der Waals surface area contributed by atoms with Crippen LogP contribution < -0.4 is 11.1 Å². The maximum absolute atomic E-state index is 12.0. The lowest BCUT2D eigenvalue weighted by atomic mass is 9.72. The van der Waals surface area contributed by atoms with Crippen LogP contribution in [0.25, 0.3) is 0 Å². The molecule has 3 N–H and O–H groups in total. The van der Waals surface area contributed by atoms with Gasteiger partial charge in [0, 0.05) is 23.6 Å². The fraction of sp³-hybridized carbons (Fsp3) is 0.500. The highest BCUT2D eigenvalue weighted by molar-refractivity contribution is 6.31. The minimum Gasteiger partial charge on any atom is -0.376 e. The molecule has 2 aliphatic rings. The Labute approximate surface area is 117 Å². The molecular weight excluding hydrogens is 264 g/mol. The summed E-state index contributed by atoms with van der Waals surface area (Å²) in [5.41, 5.74) is 6.89. The van der Waals surface area contributed by atoms with E-state index in [4.69, 9.17) is 22.1 Å². The molecule has 0 aromatic heterocycles. The number of hydrogen-bond donors (Lipinski definition) is 2. The fourth-order valence-electron chi connectivity index (χ4n) is 2.98. The first-order chi connectivity index (χ1) is 9.16. The first kappa shape index (κ1) is 12.9. The molecule has 1 amide bonds. The smallest absolute Gasteiger partial charge is 0.224 e. The molecule has 1 aliphatic carbocycles. The first-order valence-corrected chi connectivity index (χ1v) is 6.94. The third kappa shape index (κ3) is 2.36. The second kappa shape index (κ2) is 5.12. The molecule has 2 fully saturated rings. The Morgan fingerprint density at radius 3 is 3.05 bits per heavy atom. The molecule has 102 valence electrons. The van der Waals surface area contributed by atoms with Gasteiger partial charge in [-0.05, 0) is 18.1 Å². The Kier molecular flexibility index (Phi) is 3.48. The van der Waals surface area contributed by atoms with Crippen molar-refractivity contribution < 1.29 is 9.53 Å². The number of carbonyl (C=O) groups excluding carboxylic acids is 1. The van der Waals surface area contributed by atoms with Gasteiger partial charge in [-0.1, -0.05) is 29.8 Å². The van der Waals surface area contributed by atoms with Crippen molar-refractivity contribution in [1.29, 1.82) is 0 Å². The monoisotopic (exact) mass is 280 g/mol. The summed E-state index contributed by atoms with van der Waals surface area (Å²) in [5, 5.41) is 3.58. The maximum Gasteiger partial charge on any atom is 0.224 e. The fourth-order valence-corrected chi connectivity index (χ4v) is 3.18. The molecule has 19 heavy (non-hydrogen) atoms. The largest absolute Gasteiger partial charge is 0.376 e. The topological polar surface area (TPSA) is 64.3 Å². The Morgan fingerprint density at radius 2 is 2.26 bits per heavy atom. The van der Waals surface area contributed by atoms with Gasteiger partial charge in [0.15, 0.2) is 0 Å². The van der Waals surface area contributed by atoms with E-state index in [2.05, 4.69) is 5.32 Å². The predicted molar refractivity (Wildman–Crippen MR) is 72.9 cm³/mol. The van der Waals surface area contributed by atoms with E-state index in [9.17, 15) is 4.79 Å². The molecule has 4 atom stereocenters. The molecule has 0 bridgehead atoms. The molecule has 1 aromatic rings. The van der Waals surface area contributed by atoms with E-state index in [-0.39, 0.29) is 30.5 Å². The zero-order valence-electron chi connectivity index (χ0n) is 10.5. The number of nitrogens with two attached hydrogens (primary N) is 1. The minimum atomic E-state index is -0.0533. The van der Waals surface area contributed by atoms with Gasteiger partial charge in [0.05, 0.1) is 18.6 Å². The maximum atomic E-state index is 12.0. The lowest BCUT2D eigenvalue weighted by Gasteiger charge is -2.45. The third-order valence-corrected chi connectivity index (χ3v) is 4.45. The molecule has 0 spiro atoms. The molecule has 1 saturated heterocycles. The van der Waals surface area contributed by atoms with Gasteiger partial charge in [-0.2, -0.15) is 0 Å². The van der Waals surface area contributed by atoms with Gasteiger partial charge in [-0.25, -0.2) is 0 Å². The van der Waals surface area contributed by atoms with Crippen molar-refractivity contribution in [2.45, 2.75) is 31.0 Å². The minimum absolute atomic E-state index is 0.0164. The van der Waals surface area contributed by atoms with E-state index in [0.717, 1.165) is 18.6 Å². The summed E-state index contributed by atoms with van der Waals surface area (Å²) >= 11 is 6.04. The zero-order chi connectivity index (χ0) is 13.4. The highest BCUT2D eigenvalue weighted by Gasteiger charge is 2.52. The molecule has 3 rings (SSSR count). The SMILES string of the molecule is NC1C2CCOC2C1NC(=O)Cc1ccccc1Cl. The molecule has 0 radical (unpaired) electrons. The summed E-state index contributed by atoms with van der Waals surface area (Å²) in [5.74, 6) is 0.355. The van der Waals surface area contributed by atoms with Gasteiger partial charge in [0.25, 0.3) is 0 Å². The molecule has 5 heteroatoms. The van der Waals surface area contributed by atoms with Crippen LogP contribution in [0.4, 0.5) is 0 Å². The number of amides is 1. The van der Waals surface area contributed by atoms with Gasteiger partial charge in [-0.3, -0.25) is 4.79 Å². The summed E-state index contributed by atoms with van der Waals surface area (Å²) in [6.45, 7) is 0.750. The van der Waals surface area contributed by atoms with Crippen molar-refractivity contribution in [1.82, 2.24) is 5.32 Å². The molecule has 1 aromatic carbocycles. The van der Waals surface area contributed by atoms with Gasteiger partial charge >= 0.3 is 0 Å². The van der Waals surface area contributed by atoms with Crippen molar-refractivity contribution in [2.24, 2.45) is 11.7 Å². The molecule has 1 heterocycles. The lowest BCUT2D eigenvalue weighted by molar-refractivity contribution is -0.125. The molecule has 4 nitrogen and oxygen atoms in total. The molecular formula is C14H17ClN2O2. The Hall–Kier alpha value is -1.10. The van der Waals surface area contributed by atoms with Crippen LogP contribution in [0.2, 0.25) is 5.02 Å². The normalized spacial score (nSPS) is 32.5.